The third-order valence-corrected chi connectivity index (χ3v) is 9.62. The number of para-hydroxylation sites is 2. The van der Waals surface area contributed by atoms with Crippen LogP contribution in [0.2, 0.25) is 0 Å². The molecule has 1 saturated heterocycles. The number of aliphatic hydroxyl groups excluding tert-OH is 1. The fourth-order valence-corrected chi connectivity index (χ4v) is 7.02. The molecule has 0 spiro atoms. The number of fused-ring (bicyclic) bond motifs is 3. The molecule has 50 heavy (non-hydrogen) atoms. The van der Waals surface area contributed by atoms with Crippen molar-refractivity contribution >= 4 is 45.3 Å². The van der Waals surface area contributed by atoms with Crippen molar-refractivity contribution < 1.29 is 38.4 Å². The molecule has 10 nitrogen and oxygen atoms in total. The molecule has 1 aliphatic carbocycles. The molecule has 2 aromatic heterocycles. The van der Waals surface area contributed by atoms with Crippen molar-refractivity contribution in [1.82, 2.24) is 9.97 Å². The molecule has 10 heteroatoms. The van der Waals surface area contributed by atoms with Crippen molar-refractivity contribution in [2.45, 2.75) is 82.6 Å². The summed E-state index contributed by atoms with van der Waals surface area (Å²) in [6.45, 7) is 1.62. The van der Waals surface area contributed by atoms with Gasteiger partial charge in [-0.25, -0.2) is 0 Å². The number of carbonyl (C=O) groups excluding carboxylic acids is 3. The molecular formula is C40H40N2O8. The Kier molecular flexibility index (Phi) is 9.82. The zero-order valence-corrected chi connectivity index (χ0v) is 27.8. The van der Waals surface area contributed by atoms with Gasteiger partial charge < -0.3 is 34.0 Å². The van der Waals surface area contributed by atoms with Crippen LogP contribution >= 0.6 is 0 Å². The Hall–Kier alpha value is -5.19. The van der Waals surface area contributed by atoms with Gasteiger partial charge in [0, 0.05) is 53.5 Å². The predicted molar refractivity (Wildman–Crippen MR) is 187 cm³/mol. The van der Waals surface area contributed by atoms with Crippen molar-refractivity contribution in [3.8, 4) is 0 Å². The van der Waals surface area contributed by atoms with Gasteiger partial charge in [0.2, 0.25) is 0 Å². The number of benzene rings is 3. The second kappa shape index (κ2) is 14.7. The van der Waals surface area contributed by atoms with E-state index in [0.29, 0.717) is 19.3 Å². The smallest absolute Gasteiger partial charge is 0.306 e. The Labute approximate surface area is 289 Å². The molecule has 0 bridgehead atoms. The van der Waals surface area contributed by atoms with Crippen molar-refractivity contribution in [1.29, 1.82) is 0 Å². The molecule has 3 aromatic carbocycles. The van der Waals surface area contributed by atoms with E-state index in [9.17, 15) is 19.5 Å². The van der Waals surface area contributed by atoms with E-state index in [4.69, 9.17) is 18.9 Å². The Morgan fingerprint density at radius 2 is 1.22 bits per heavy atom. The third-order valence-electron chi connectivity index (χ3n) is 9.62. The lowest BCUT2D eigenvalue weighted by Gasteiger charge is -2.42. The maximum atomic E-state index is 13.4. The third kappa shape index (κ3) is 7.22. The van der Waals surface area contributed by atoms with Crippen molar-refractivity contribution in [3.63, 3.8) is 0 Å². The number of esters is 3. The van der Waals surface area contributed by atoms with Gasteiger partial charge in [-0.15, -0.1) is 0 Å². The second-order valence-corrected chi connectivity index (χ2v) is 12.9. The van der Waals surface area contributed by atoms with Crippen molar-refractivity contribution in [2.75, 3.05) is 0 Å². The SMILES string of the molecule is C[C@@H]1OC(O)[C@@H](OC(=O)CCC2=CCc3ccccc32)[C@H](OC(=O)CCc2c[nH]c3ccccc23)[C@@H]1OC(=O)CCc1c[nH]c2ccccc12. The van der Waals surface area contributed by atoms with Crippen molar-refractivity contribution in [3.05, 3.63) is 114 Å². The molecular weight excluding hydrogens is 636 g/mol. The number of ether oxygens (including phenoxy) is 4. The molecule has 3 N–H and O–H groups in total. The van der Waals surface area contributed by atoms with Gasteiger partial charge in [-0.05, 0) is 72.6 Å². The molecule has 0 amide bonds. The van der Waals surface area contributed by atoms with E-state index in [1.807, 2.05) is 79.1 Å². The summed E-state index contributed by atoms with van der Waals surface area (Å²) in [7, 11) is 0. The number of hydrogen-bond acceptors (Lipinski definition) is 8. The minimum atomic E-state index is -1.60. The average molecular weight is 677 g/mol. The molecule has 2 aliphatic rings. The van der Waals surface area contributed by atoms with Crippen LogP contribution in [0.3, 0.4) is 0 Å². The first-order valence-corrected chi connectivity index (χ1v) is 17.1. The summed E-state index contributed by atoms with van der Waals surface area (Å²) in [6.07, 6.45) is 1.68. The topological polar surface area (TPSA) is 140 Å². The Morgan fingerprint density at radius 3 is 1.86 bits per heavy atom. The van der Waals surface area contributed by atoms with Gasteiger partial charge >= 0.3 is 17.9 Å². The van der Waals surface area contributed by atoms with E-state index in [2.05, 4.69) is 22.1 Å². The van der Waals surface area contributed by atoms with E-state index in [-0.39, 0.29) is 19.3 Å². The first-order chi connectivity index (χ1) is 24.3. The number of aromatic amines is 2. The minimum absolute atomic E-state index is 0.0130. The molecule has 258 valence electrons. The maximum absolute atomic E-state index is 13.4. The van der Waals surface area contributed by atoms with Crippen LogP contribution in [-0.2, 0) is 52.6 Å². The number of H-pyrrole nitrogens is 2. The van der Waals surface area contributed by atoms with Gasteiger partial charge in [0.1, 0.15) is 0 Å². The number of aromatic nitrogens is 2. The fourth-order valence-electron chi connectivity index (χ4n) is 7.02. The number of nitrogens with one attached hydrogen (secondary N) is 2. The number of aliphatic hydroxyl groups is 1. The van der Waals surface area contributed by atoms with Gasteiger partial charge in [-0.2, -0.15) is 0 Å². The molecule has 5 atom stereocenters. The first-order valence-electron chi connectivity index (χ1n) is 17.1. The normalized spacial score (nSPS) is 21.5. The summed E-state index contributed by atoms with van der Waals surface area (Å²) >= 11 is 0. The lowest BCUT2D eigenvalue weighted by atomic mass is 9.98. The zero-order valence-electron chi connectivity index (χ0n) is 27.8. The van der Waals surface area contributed by atoms with Gasteiger partial charge in [-0.3, -0.25) is 14.4 Å². The molecule has 1 unspecified atom stereocenters. The lowest BCUT2D eigenvalue weighted by Crippen LogP contribution is -2.60. The number of rotatable bonds is 12. The summed E-state index contributed by atoms with van der Waals surface area (Å²) in [5, 5.41) is 13.0. The molecule has 5 aromatic rings. The molecule has 0 radical (unpaired) electrons. The maximum Gasteiger partial charge on any atom is 0.306 e. The number of hydrogen-bond donors (Lipinski definition) is 3. The van der Waals surface area contributed by atoms with Crippen LogP contribution in [0, 0.1) is 0 Å². The lowest BCUT2D eigenvalue weighted by molar-refractivity contribution is -0.289. The fraction of sp³-hybridized carbons (Fsp3) is 0.325. The van der Waals surface area contributed by atoms with Crippen LogP contribution in [0.5, 0.6) is 0 Å². The quantitative estimate of drug-likeness (QED) is 0.106. The molecule has 0 saturated carbocycles. The standard InChI is InChI=1S/C40H40N2O8/c1-24-37(48-34(43)20-17-27-22-41-32-12-6-4-10-30(27)32)38(49-35(44)21-18-28-23-42-33-13-7-5-11-31(28)33)39(40(46)47-24)50-36(45)19-16-26-15-14-25-8-2-3-9-29(25)26/h2-13,15,22-24,37-42,46H,14,16-21H2,1H3/t24-,37+,38+,39-,40?/m0/s1. The molecule has 1 fully saturated rings. The number of carbonyl (C=O) groups is 3. The van der Waals surface area contributed by atoms with Crippen LogP contribution in [0.15, 0.2) is 91.3 Å². The largest absolute Gasteiger partial charge is 0.455 e. The van der Waals surface area contributed by atoms with Crippen LogP contribution in [0.4, 0.5) is 0 Å². The van der Waals surface area contributed by atoms with Crippen LogP contribution in [-0.4, -0.2) is 63.7 Å². The van der Waals surface area contributed by atoms with E-state index in [0.717, 1.165) is 50.5 Å². The van der Waals surface area contributed by atoms with Crippen LogP contribution < -0.4 is 0 Å². The minimum Gasteiger partial charge on any atom is -0.455 e. The zero-order chi connectivity index (χ0) is 34.6. The first kappa shape index (κ1) is 33.3. The summed E-state index contributed by atoms with van der Waals surface area (Å²) in [4.78, 5) is 46.3. The van der Waals surface area contributed by atoms with Crippen LogP contribution in [0.25, 0.3) is 27.4 Å². The summed E-state index contributed by atoms with van der Waals surface area (Å²) in [6, 6.07) is 23.7. The van der Waals surface area contributed by atoms with E-state index >= 15 is 0 Å². The van der Waals surface area contributed by atoms with E-state index < -0.39 is 48.6 Å². The van der Waals surface area contributed by atoms with Gasteiger partial charge in [0.15, 0.2) is 24.6 Å². The average Bonchev–Trinajstić information content (AvgIpc) is 3.86. The van der Waals surface area contributed by atoms with Crippen molar-refractivity contribution in [2.24, 2.45) is 0 Å². The number of allylic oxidation sites excluding steroid dienone is 2. The van der Waals surface area contributed by atoms with E-state index in [1.165, 1.54) is 5.56 Å². The summed E-state index contributed by atoms with van der Waals surface area (Å²) in [5.41, 5.74) is 7.20. The monoisotopic (exact) mass is 676 g/mol. The van der Waals surface area contributed by atoms with E-state index in [1.54, 1.807) is 6.92 Å². The van der Waals surface area contributed by atoms with Gasteiger partial charge in [-0.1, -0.05) is 66.7 Å². The molecule has 3 heterocycles. The molecule has 7 rings (SSSR count). The highest BCUT2D eigenvalue weighted by Gasteiger charge is 2.50. The Bertz CT molecular complexity index is 2040. The highest BCUT2D eigenvalue weighted by atomic mass is 16.7. The predicted octanol–water partition coefficient (Wildman–Crippen LogP) is 6.11. The van der Waals surface area contributed by atoms with Gasteiger partial charge in [0.25, 0.3) is 0 Å². The molecule has 1 aliphatic heterocycles. The summed E-state index contributed by atoms with van der Waals surface area (Å²) < 4.78 is 23.3. The van der Waals surface area contributed by atoms with Gasteiger partial charge in [0.05, 0.1) is 6.10 Å². The summed E-state index contributed by atoms with van der Waals surface area (Å²) in [5.74, 6) is -1.72. The highest BCUT2D eigenvalue weighted by Crippen LogP contribution is 2.32. The Morgan fingerprint density at radius 1 is 0.700 bits per heavy atom. The van der Waals surface area contributed by atoms with Crippen LogP contribution in [0.1, 0.15) is 54.9 Å². The Balaban J connectivity index is 1.05. The highest BCUT2D eigenvalue weighted by molar-refractivity contribution is 5.85. The number of aryl methyl sites for hydroxylation is 2. The second-order valence-electron chi connectivity index (χ2n) is 12.9.